The molecule has 1 aromatic rings. The number of rotatable bonds is 0. The fraction of sp³-hybridized carbons (Fsp3) is 0.571. The van der Waals surface area contributed by atoms with Gasteiger partial charge in [0.25, 0.3) is 0 Å². The van der Waals surface area contributed by atoms with E-state index in [0.717, 1.165) is 0 Å². The van der Waals surface area contributed by atoms with Crippen LogP contribution in [0.4, 0.5) is 0 Å². The van der Waals surface area contributed by atoms with E-state index < -0.39 is 0 Å². The van der Waals surface area contributed by atoms with Crippen molar-refractivity contribution in [3.8, 4) is 0 Å². The highest BCUT2D eigenvalue weighted by atomic mass is 14.6. The van der Waals surface area contributed by atoms with Crippen LogP contribution in [0.5, 0.6) is 0 Å². The average molecular weight is 186 g/mol. The molecule has 0 atom stereocenters. The first-order valence-electron chi connectivity index (χ1n) is 5.74. The second-order valence-corrected chi connectivity index (χ2v) is 5.56. The van der Waals surface area contributed by atoms with Crippen LogP contribution in [0.2, 0.25) is 0 Å². The summed E-state index contributed by atoms with van der Waals surface area (Å²) >= 11 is 0. The number of aryl methyl sites for hydroxylation is 1. The van der Waals surface area contributed by atoms with E-state index in [-0.39, 0.29) is 0 Å². The summed E-state index contributed by atoms with van der Waals surface area (Å²) in [5.41, 5.74) is 4.29. The molecule has 74 valence electrons. The van der Waals surface area contributed by atoms with Crippen molar-refractivity contribution < 1.29 is 0 Å². The molecule has 0 bridgehead atoms. The molecular formula is C14H18. The molecule has 0 nitrogen and oxygen atoms in total. The van der Waals surface area contributed by atoms with Gasteiger partial charge in [0.2, 0.25) is 0 Å². The van der Waals surface area contributed by atoms with Gasteiger partial charge in [-0.1, -0.05) is 38.1 Å². The number of benzene rings is 1. The third-order valence-corrected chi connectivity index (χ3v) is 4.74. The summed E-state index contributed by atoms with van der Waals surface area (Å²) in [5, 5.41) is 0. The van der Waals surface area contributed by atoms with Crippen molar-refractivity contribution in [1.29, 1.82) is 0 Å². The predicted octanol–water partition coefficient (Wildman–Crippen LogP) is 3.69. The van der Waals surface area contributed by atoms with Crippen LogP contribution in [0.25, 0.3) is 0 Å². The van der Waals surface area contributed by atoms with E-state index >= 15 is 0 Å². The average Bonchev–Trinajstić information content (AvgIpc) is 2.95. The summed E-state index contributed by atoms with van der Waals surface area (Å²) in [4.78, 5) is 0. The summed E-state index contributed by atoms with van der Waals surface area (Å²) in [7, 11) is 0. The minimum absolute atomic E-state index is 0.418. The Morgan fingerprint density at radius 3 is 2.43 bits per heavy atom. The predicted molar refractivity (Wildman–Crippen MR) is 59.5 cm³/mol. The Morgan fingerprint density at radius 1 is 1.00 bits per heavy atom. The fourth-order valence-electron chi connectivity index (χ4n) is 3.35. The van der Waals surface area contributed by atoms with E-state index in [2.05, 4.69) is 38.1 Å². The second-order valence-electron chi connectivity index (χ2n) is 5.56. The van der Waals surface area contributed by atoms with Crippen molar-refractivity contribution in [3.05, 3.63) is 35.4 Å². The Kier molecular flexibility index (Phi) is 1.47. The molecule has 0 heterocycles. The smallest absolute Gasteiger partial charge is 0.00443 e. The molecule has 2 aliphatic carbocycles. The lowest BCUT2D eigenvalue weighted by Crippen LogP contribution is -2.35. The lowest BCUT2D eigenvalue weighted by Gasteiger charge is -2.41. The number of fused-ring (bicyclic) bond motifs is 1. The van der Waals surface area contributed by atoms with E-state index in [1.54, 1.807) is 11.1 Å². The van der Waals surface area contributed by atoms with Gasteiger partial charge in [0, 0.05) is 0 Å². The van der Waals surface area contributed by atoms with Crippen LogP contribution in [0.15, 0.2) is 24.3 Å². The highest BCUT2D eigenvalue weighted by Crippen LogP contribution is 2.64. The quantitative estimate of drug-likeness (QED) is 0.579. The molecule has 0 heteroatoms. The zero-order valence-electron chi connectivity index (χ0n) is 9.14. The molecule has 0 N–H and O–H groups in total. The molecule has 0 radical (unpaired) electrons. The minimum atomic E-state index is 0.418. The molecule has 0 unspecified atom stereocenters. The van der Waals surface area contributed by atoms with Crippen molar-refractivity contribution in [1.82, 2.24) is 0 Å². The van der Waals surface area contributed by atoms with Gasteiger partial charge in [0.05, 0.1) is 0 Å². The van der Waals surface area contributed by atoms with Crippen LogP contribution in [0, 0.1) is 5.41 Å². The molecule has 3 rings (SSSR count). The van der Waals surface area contributed by atoms with Gasteiger partial charge in [-0.05, 0) is 47.6 Å². The number of hydrogen-bond donors (Lipinski definition) is 0. The van der Waals surface area contributed by atoms with Crippen LogP contribution >= 0.6 is 0 Å². The summed E-state index contributed by atoms with van der Waals surface area (Å²) in [6.07, 6.45) is 5.62. The maximum absolute atomic E-state index is 2.44. The van der Waals surface area contributed by atoms with Crippen molar-refractivity contribution >= 4 is 0 Å². The first kappa shape index (κ1) is 8.52. The Labute approximate surface area is 86.3 Å². The molecule has 1 fully saturated rings. The third-order valence-electron chi connectivity index (χ3n) is 4.74. The minimum Gasteiger partial charge on any atom is -0.0620 e. The van der Waals surface area contributed by atoms with Crippen LogP contribution in [-0.2, 0) is 11.8 Å². The lowest BCUT2D eigenvalue weighted by atomic mass is 9.63. The zero-order valence-corrected chi connectivity index (χ0v) is 9.14. The van der Waals surface area contributed by atoms with Gasteiger partial charge in [-0.25, -0.2) is 0 Å². The van der Waals surface area contributed by atoms with Crippen LogP contribution in [-0.4, -0.2) is 0 Å². The van der Waals surface area contributed by atoms with Crippen LogP contribution in [0.3, 0.4) is 0 Å². The monoisotopic (exact) mass is 186 g/mol. The van der Waals surface area contributed by atoms with Crippen LogP contribution < -0.4 is 0 Å². The third kappa shape index (κ3) is 0.893. The number of hydrogen-bond acceptors (Lipinski definition) is 0. The molecule has 0 saturated heterocycles. The molecule has 0 aromatic heterocycles. The highest BCUT2D eigenvalue weighted by Gasteiger charge is 2.56. The van der Waals surface area contributed by atoms with Gasteiger partial charge in [-0.2, -0.15) is 0 Å². The van der Waals surface area contributed by atoms with E-state index in [1.807, 2.05) is 0 Å². The van der Waals surface area contributed by atoms with Crippen molar-refractivity contribution in [2.24, 2.45) is 5.41 Å². The van der Waals surface area contributed by atoms with Gasteiger partial charge in [0.15, 0.2) is 0 Å². The maximum atomic E-state index is 2.44. The summed E-state index contributed by atoms with van der Waals surface area (Å²) < 4.78 is 0. The molecule has 1 aromatic carbocycles. The van der Waals surface area contributed by atoms with Gasteiger partial charge < -0.3 is 0 Å². The molecule has 1 saturated carbocycles. The highest BCUT2D eigenvalue weighted by molar-refractivity contribution is 5.40. The van der Waals surface area contributed by atoms with Gasteiger partial charge >= 0.3 is 0 Å². The Balaban J connectivity index is 2.16. The molecule has 14 heavy (non-hydrogen) atoms. The van der Waals surface area contributed by atoms with Crippen LogP contribution in [0.1, 0.15) is 44.2 Å². The molecule has 0 aliphatic heterocycles. The Hall–Kier alpha value is -0.780. The van der Waals surface area contributed by atoms with Crippen molar-refractivity contribution in [2.45, 2.75) is 44.9 Å². The molecular weight excluding hydrogens is 168 g/mol. The summed E-state index contributed by atoms with van der Waals surface area (Å²) in [6, 6.07) is 9.03. The largest absolute Gasteiger partial charge is 0.0620 e. The van der Waals surface area contributed by atoms with Gasteiger partial charge in [-0.3, -0.25) is 0 Å². The lowest BCUT2D eigenvalue weighted by molar-refractivity contribution is 0.252. The normalized spacial score (nSPS) is 25.9. The Morgan fingerprint density at radius 2 is 1.71 bits per heavy atom. The van der Waals surface area contributed by atoms with E-state index in [4.69, 9.17) is 0 Å². The molecule has 0 amide bonds. The standard InChI is InChI=1S/C14H18/c1-13(2)12-6-4-3-5-11(12)7-8-14(13)9-10-14/h3-6H,7-10H2,1-2H3. The maximum Gasteiger partial charge on any atom is -0.00443 e. The SMILES string of the molecule is CC1(C)c2ccccc2CCC12CC2. The second kappa shape index (κ2) is 2.42. The van der Waals surface area contributed by atoms with Gasteiger partial charge in [-0.15, -0.1) is 0 Å². The van der Waals surface area contributed by atoms with Gasteiger partial charge in [0.1, 0.15) is 0 Å². The Bertz CT molecular complexity index is 369. The zero-order chi connectivity index (χ0) is 9.81. The van der Waals surface area contributed by atoms with E-state index in [0.29, 0.717) is 10.8 Å². The summed E-state index contributed by atoms with van der Waals surface area (Å²) in [6.45, 7) is 4.88. The topological polar surface area (TPSA) is 0 Å². The molecule has 2 aliphatic rings. The first-order valence-corrected chi connectivity index (χ1v) is 5.74. The fourth-order valence-corrected chi connectivity index (χ4v) is 3.35. The first-order chi connectivity index (χ1) is 6.66. The van der Waals surface area contributed by atoms with Crippen molar-refractivity contribution in [3.63, 3.8) is 0 Å². The summed E-state index contributed by atoms with van der Waals surface area (Å²) in [5.74, 6) is 0. The molecule has 1 spiro atoms. The van der Waals surface area contributed by atoms with E-state index in [9.17, 15) is 0 Å². The van der Waals surface area contributed by atoms with Crippen molar-refractivity contribution in [2.75, 3.05) is 0 Å². The van der Waals surface area contributed by atoms with E-state index in [1.165, 1.54) is 25.7 Å².